The number of hydrogen-bond donors (Lipinski definition) is 2. The number of aromatic nitrogens is 6. The summed E-state index contributed by atoms with van der Waals surface area (Å²) in [5.74, 6) is -0.615. The lowest BCUT2D eigenvalue weighted by Crippen LogP contribution is -2.25. The normalized spacial score (nSPS) is 10.9. The Morgan fingerprint density at radius 2 is 1.94 bits per heavy atom. The molecule has 0 radical (unpaired) electrons. The summed E-state index contributed by atoms with van der Waals surface area (Å²) in [4.78, 5) is 28.6. The van der Waals surface area contributed by atoms with Crippen molar-refractivity contribution in [2.24, 2.45) is 0 Å². The summed E-state index contributed by atoms with van der Waals surface area (Å²) in [7, 11) is 0. The van der Waals surface area contributed by atoms with E-state index in [-0.39, 0.29) is 11.1 Å². The Morgan fingerprint density at radius 3 is 2.59 bits per heavy atom. The predicted molar refractivity (Wildman–Crippen MR) is 118 cm³/mol. The standard InChI is InChI=1S/C23H22N6O3/c1-2-3-6-17-11-16(23(31)32)12-21(30)29(17)14-15-9-10-20(24-13-15)18-7-4-5-8-19(18)22-25-27-28-26-22/h4-5,7-13H,2-3,6,14H2,1H3,(H,31,32)(H,25,26,27,28). The molecule has 9 heteroatoms. The van der Waals surface area contributed by atoms with Gasteiger partial charge in [-0.15, -0.1) is 10.2 Å². The molecule has 162 valence electrons. The SMILES string of the molecule is CCCCc1cc(C(=O)O)cc(=O)n1Cc1ccc(-c2ccccc2-c2nn[nH]n2)nc1. The average molecular weight is 430 g/mol. The highest BCUT2D eigenvalue weighted by Crippen LogP contribution is 2.28. The van der Waals surface area contributed by atoms with Gasteiger partial charge in [-0.25, -0.2) is 4.79 Å². The van der Waals surface area contributed by atoms with Gasteiger partial charge in [0.05, 0.1) is 17.8 Å². The van der Waals surface area contributed by atoms with Crippen LogP contribution in [0.3, 0.4) is 0 Å². The zero-order chi connectivity index (χ0) is 22.5. The van der Waals surface area contributed by atoms with E-state index in [1.54, 1.807) is 16.8 Å². The van der Waals surface area contributed by atoms with Crippen LogP contribution in [0.1, 0.15) is 41.4 Å². The number of hydrogen-bond acceptors (Lipinski definition) is 6. The molecule has 9 nitrogen and oxygen atoms in total. The fraction of sp³-hybridized carbons (Fsp3) is 0.217. The number of aryl methyl sites for hydroxylation is 1. The minimum absolute atomic E-state index is 0.0175. The molecule has 4 aromatic rings. The van der Waals surface area contributed by atoms with Crippen molar-refractivity contribution in [1.29, 1.82) is 0 Å². The van der Waals surface area contributed by atoms with E-state index >= 15 is 0 Å². The maximum absolute atomic E-state index is 12.7. The van der Waals surface area contributed by atoms with E-state index in [0.717, 1.165) is 35.2 Å². The molecule has 0 spiro atoms. The van der Waals surface area contributed by atoms with Gasteiger partial charge in [-0.1, -0.05) is 43.7 Å². The molecular formula is C23H22N6O3. The average Bonchev–Trinajstić information content (AvgIpc) is 3.34. The van der Waals surface area contributed by atoms with Crippen LogP contribution in [0.5, 0.6) is 0 Å². The van der Waals surface area contributed by atoms with E-state index < -0.39 is 5.97 Å². The summed E-state index contributed by atoms with van der Waals surface area (Å²) in [6, 6.07) is 14.2. The molecule has 0 fully saturated rings. The van der Waals surface area contributed by atoms with Gasteiger partial charge in [-0.05, 0) is 35.8 Å². The third-order valence-corrected chi connectivity index (χ3v) is 5.20. The van der Waals surface area contributed by atoms with Crippen LogP contribution in [0.25, 0.3) is 22.6 Å². The molecular weight excluding hydrogens is 408 g/mol. The Hall–Kier alpha value is -4.14. The summed E-state index contributed by atoms with van der Waals surface area (Å²) < 4.78 is 1.62. The van der Waals surface area contributed by atoms with Crippen LogP contribution in [-0.4, -0.2) is 41.3 Å². The number of rotatable bonds is 8. The number of nitrogens with one attached hydrogen (secondary N) is 1. The van der Waals surface area contributed by atoms with Crippen molar-refractivity contribution >= 4 is 5.97 Å². The van der Waals surface area contributed by atoms with Crippen molar-refractivity contribution in [2.75, 3.05) is 0 Å². The molecule has 2 N–H and O–H groups in total. The third kappa shape index (κ3) is 4.46. The fourth-order valence-electron chi connectivity index (χ4n) is 3.56. The van der Waals surface area contributed by atoms with Crippen molar-refractivity contribution in [3.63, 3.8) is 0 Å². The van der Waals surface area contributed by atoms with Gasteiger partial charge in [0, 0.05) is 29.1 Å². The number of carboxylic acid groups (broad SMARTS) is 1. The largest absolute Gasteiger partial charge is 0.478 e. The minimum Gasteiger partial charge on any atom is -0.478 e. The second-order valence-electron chi connectivity index (χ2n) is 7.40. The van der Waals surface area contributed by atoms with Crippen molar-refractivity contribution in [2.45, 2.75) is 32.7 Å². The second-order valence-corrected chi connectivity index (χ2v) is 7.40. The van der Waals surface area contributed by atoms with Crippen LogP contribution < -0.4 is 5.56 Å². The van der Waals surface area contributed by atoms with E-state index in [1.165, 1.54) is 6.07 Å². The highest BCUT2D eigenvalue weighted by Gasteiger charge is 2.14. The maximum atomic E-state index is 12.7. The van der Waals surface area contributed by atoms with Gasteiger partial charge in [0.2, 0.25) is 5.82 Å². The van der Waals surface area contributed by atoms with Gasteiger partial charge in [0.25, 0.3) is 5.56 Å². The lowest BCUT2D eigenvalue weighted by Gasteiger charge is -2.14. The molecule has 4 rings (SSSR count). The fourth-order valence-corrected chi connectivity index (χ4v) is 3.56. The van der Waals surface area contributed by atoms with E-state index in [1.807, 2.05) is 36.4 Å². The first kappa shape index (κ1) is 21.1. The van der Waals surface area contributed by atoms with Crippen LogP contribution in [0.4, 0.5) is 0 Å². The molecule has 0 atom stereocenters. The van der Waals surface area contributed by atoms with E-state index in [2.05, 4.69) is 32.5 Å². The Balaban J connectivity index is 1.64. The smallest absolute Gasteiger partial charge is 0.335 e. The van der Waals surface area contributed by atoms with Crippen LogP contribution >= 0.6 is 0 Å². The van der Waals surface area contributed by atoms with Crippen LogP contribution in [0.2, 0.25) is 0 Å². The van der Waals surface area contributed by atoms with Gasteiger partial charge in [-0.3, -0.25) is 9.78 Å². The number of carbonyl (C=O) groups is 1. The Bertz CT molecular complexity index is 1280. The first-order valence-corrected chi connectivity index (χ1v) is 10.3. The highest BCUT2D eigenvalue weighted by molar-refractivity contribution is 5.87. The topological polar surface area (TPSA) is 127 Å². The molecule has 3 aromatic heterocycles. The summed E-state index contributed by atoms with van der Waals surface area (Å²) in [5, 5.41) is 23.5. The number of carboxylic acids is 1. The molecule has 0 aliphatic carbocycles. The molecule has 1 aromatic carbocycles. The van der Waals surface area contributed by atoms with Crippen molar-refractivity contribution in [1.82, 2.24) is 30.2 Å². The van der Waals surface area contributed by atoms with Crippen molar-refractivity contribution in [3.8, 4) is 22.6 Å². The number of unbranched alkanes of at least 4 members (excludes halogenated alkanes) is 1. The second kappa shape index (κ2) is 9.34. The molecule has 0 amide bonds. The van der Waals surface area contributed by atoms with Gasteiger partial charge in [-0.2, -0.15) is 5.21 Å². The van der Waals surface area contributed by atoms with E-state index in [0.29, 0.717) is 24.5 Å². The lowest BCUT2D eigenvalue weighted by atomic mass is 10.0. The number of tetrazole rings is 1. The van der Waals surface area contributed by atoms with Gasteiger partial charge in [0.15, 0.2) is 0 Å². The molecule has 0 aliphatic rings. The van der Waals surface area contributed by atoms with Crippen molar-refractivity contribution < 1.29 is 9.90 Å². The van der Waals surface area contributed by atoms with E-state index in [4.69, 9.17) is 0 Å². The minimum atomic E-state index is -1.10. The van der Waals surface area contributed by atoms with Crippen molar-refractivity contribution in [3.05, 3.63) is 81.9 Å². The van der Waals surface area contributed by atoms with Gasteiger partial charge in [0.1, 0.15) is 0 Å². The summed E-state index contributed by atoms with van der Waals surface area (Å²) in [5.41, 5.74) is 3.66. The Labute approximate surface area is 183 Å². The molecule has 0 aliphatic heterocycles. The first-order valence-electron chi connectivity index (χ1n) is 10.3. The van der Waals surface area contributed by atoms with Gasteiger partial charge >= 0.3 is 5.97 Å². The monoisotopic (exact) mass is 430 g/mol. The first-order chi connectivity index (χ1) is 15.6. The predicted octanol–water partition coefficient (Wildman–Crippen LogP) is 3.18. The number of pyridine rings is 2. The number of aromatic carboxylic acids is 1. The third-order valence-electron chi connectivity index (χ3n) is 5.20. The molecule has 0 unspecified atom stereocenters. The Morgan fingerprint density at radius 1 is 1.12 bits per heavy atom. The molecule has 0 bridgehead atoms. The summed E-state index contributed by atoms with van der Waals surface area (Å²) in [6.45, 7) is 2.37. The summed E-state index contributed by atoms with van der Waals surface area (Å²) >= 11 is 0. The molecule has 32 heavy (non-hydrogen) atoms. The number of aromatic amines is 1. The molecule has 0 saturated heterocycles. The lowest BCUT2D eigenvalue weighted by molar-refractivity contribution is 0.0696. The van der Waals surface area contributed by atoms with Gasteiger partial charge < -0.3 is 9.67 Å². The summed E-state index contributed by atoms with van der Waals surface area (Å²) in [6.07, 6.45) is 4.17. The number of nitrogens with zero attached hydrogens (tertiary/aromatic N) is 5. The maximum Gasteiger partial charge on any atom is 0.335 e. The van der Waals surface area contributed by atoms with Crippen LogP contribution in [0.15, 0.2) is 59.5 Å². The molecule has 3 heterocycles. The quantitative estimate of drug-likeness (QED) is 0.439. The zero-order valence-corrected chi connectivity index (χ0v) is 17.5. The number of benzene rings is 1. The van der Waals surface area contributed by atoms with Crippen LogP contribution in [-0.2, 0) is 13.0 Å². The van der Waals surface area contributed by atoms with Crippen LogP contribution in [0, 0.1) is 0 Å². The highest BCUT2D eigenvalue weighted by atomic mass is 16.4. The molecule has 0 saturated carbocycles. The zero-order valence-electron chi connectivity index (χ0n) is 17.5. The Kier molecular flexibility index (Phi) is 6.16. The van der Waals surface area contributed by atoms with E-state index in [9.17, 15) is 14.7 Å². The number of H-pyrrole nitrogens is 1.